The van der Waals surface area contributed by atoms with Crippen LogP contribution >= 0.6 is 0 Å². The van der Waals surface area contributed by atoms with Crippen LogP contribution in [0.4, 0.5) is 0 Å². The first-order valence-electron chi connectivity index (χ1n) is 3.51. The van der Waals surface area contributed by atoms with E-state index in [-0.39, 0.29) is 0 Å². The highest BCUT2D eigenvalue weighted by Gasteiger charge is 1.94. The predicted molar refractivity (Wildman–Crippen MR) is 41.1 cm³/mol. The average molecular weight is 129 g/mol. The van der Waals surface area contributed by atoms with Crippen LogP contribution in [0.3, 0.4) is 0 Å². The summed E-state index contributed by atoms with van der Waals surface area (Å²) in [5.41, 5.74) is 0. The zero-order valence-corrected chi connectivity index (χ0v) is 6.48. The first kappa shape index (κ1) is 8.63. The largest absolute Gasteiger partial charge is 0.265 e. The van der Waals surface area contributed by atoms with Gasteiger partial charge in [0.05, 0.1) is 0 Å². The zero-order chi connectivity index (χ0) is 7.11. The first-order valence-corrected chi connectivity index (χ1v) is 3.51. The van der Waals surface area contributed by atoms with Gasteiger partial charge in [-0.3, -0.25) is 5.32 Å². The zero-order valence-electron chi connectivity index (χ0n) is 6.48. The molecule has 9 heavy (non-hydrogen) atoms. The van der Waals surface area contributed by atoms with Gasteiger partial charge in [-0.05, 0) is 7.05 Å². The van der Waals surface area contributed by atoms with Crippen molar-refractivity contribution in [2.75, 3.05) is 20.3 Å². The number of nitrogens with zero attached hydrogens (tertiary/aromatic N) is 1. The van der Waals surface area contributed by atoms with Gasteiger partial charge in [0.2, 0.25) is 0 Å². The van der Waals surface area contributed by atoms with Gasteiger partial charge in [-0.2, -0.15) is 0 Å². The third-order valence-electron chi connectivity index (χ3n) is 1.21. The van der Waals surface area contributed by atoms with Crippen molar-refractivity contribution >= 4 is 6.72 Å². The fraction of sp³-hybridized carbons (Fsp3) is 0.857. The summed E-state index contributed by atoms with van der Waals surface area (Å²) in [4.78, 5) is 0. The number of hydrogen-bond acceptors (Lipinski definition) is 1. The molecule has 0 aliphatic rings. The summed E-state index contributed by atoms with van der Waals surface area (Å²) >= 11 is 0. The summed E-state index contributed by atoms with van der Waals surface area (Å²) in [6, 6.07) is 0. The van der Waals surface area contributed by atoms with Crippen molar-refractivity contribution < 1.29 is 4.58 Å². The third-order valence-corrected chi connectivity index (χ3v) is 1.21. The third kappa shape index (κ3) is 5.50. The van der Waals surface area contributed by atoms with Gasteiger partial charge in [0, 0.05) is 6.42 Å². The first-order chi connectivity index (χ1) is 4.31. The summed E-state index contributed by atoms with van der Waals surface area (Å²) < 4.78 is 2.03. The van der Waals surface area contributed by atoms with Gasteiger partial charge in [-0.1, -0.05) is 13.3 Å². The van der Waals surface area contributed by atoms with Crippen LogP contribution < -0.4 is 5.32 Å². The molecular formula is C7H17N2+. The fourth-order valence-electron chi connectivity index (χ4n) is 0.684. The van der Waals surface area contributed by atoms with E-state index in [1.807, 2.05) is 11.6 Å². The molecule has 54 valence electrons. The van der Waals surface area contributed by atoms with Crippen molar-refractivity contribution in [3.63, 3.8) is 0 Å². The summed E-state index contributed by atoms with van der Waals surface area (Å²) in [7, 11) is 1.93. The van der Waals surface area contributed by atoms with Crippen LogP contribution in [-0.4, -0.2) is 31.6 Å². The molecule has 0 atom stereocenters. The fourth-order valence-corrected chi connectivity index (χ4v) is 0.684. The maximum Gasteiger partial charge on any atom is 0.195 e. The standard InChI is InChI=1S/C7H17N2/c1-4-5-6-9(3)7-8-2/h8H,3-7H2,1-2H3/q+1. The minimum absolute atomic E-state index is 0.889. The molecule has 2 heteroatoms. The second-order valence-electron chi connectivity index (χ2n) is 2.26. The molecule has 0 saturated heterocycles. The van der Waals surface area contributed by atoms with Crippen LogP contribution in [0.25, 0.3) is 0 Å². The maximum absolute atomic E-state index is 3.84. The van der Waals surface area contributed by atoms with Crippen LogP contribution in [0, 0.1) is 0 Å². The van der Waals surface area contributed by atoms with Gasteiger partial charge < -0.3 is 0 Å². The Kier molecular flexibility index (Phi) is 5.52. The second kappa shape index (κ2) is 5.76. The predicted octanol–water partition coefficient (Wildman–Crippen LogP) is 0.676. The minimum atomic E-state index is 0.889. The molecule has 0 heterocycles. The van der Waals surface area contributed by atoms with E-state index in [9.17, 15) is 0 Å². The maximum atomic E-state index is 3.84. The lowest BCUT2D eigenvalue weighted by molar-refractivity contribution is -0.524. The molecule has 0 unspecified atom stereocenters. The van der Waals surface area contributed by atoms with E-state index in [0.717, 1.165) is 13.2 Å². The van der Waals surface area contributed by atoms with Crippen LogP contribution in [0.2, 0.25) is 0 Å². The number of nitrogens with one attached hydrogen (secondary N) is 1. The van der Waals surface area contributed by atoms with E-state index >= 15 is 0 Å². The molecule has 0 saturated carbocycles. The average Bonchev–Trinajstić information content (AvgIpc) is 1.85. The summed E-state index contributed by atoms with van der Waals surface area (Å²) in [6.45, 7) is 8.01. The Labute approximate surface area is 57.6 Å². The smallest absolute Gasteiger partial charge is 0.195 e. The molecule has 0 bridgehead atoms. The summed E-state index contributed by atoms with van der Waals surface area (Å²) in [6.07, 6.45) is 2.49. The molecule has 1 N–H and O–H groups in total. The molecule has 2 nitrogen and oxygen atoms in total. The quantitative estimate of drug-likeness (QED) is 0.328. The van der Waals surface area contributed by atoms with Crippen LogP contribution in [0.5, 0.6) is 0 Å². The Hall–Kier alpha value is -0.370. The van der Waals surface area contributed by atoms with Gasteiger partial charge in [0.25, 0.3) is 0 Å². The second-order valence-corrected chi connectivity index (χ2v) is 2.26. The van der Waals surface area contributed by atoms with Crippen LogP contribution in [0.1, 0.15) is 19.8 Å². The molecular weight excluding hydrogens is 112 g/mol. The van der Waals surface area contributed by atoms with Crippen molar-refractivity contribution in [2.24, 2.45) is 0 Å². The normalized spacial score (nSPS) is 9.56. The SMILES string of the molecule is C=[N+](CCCC)CNC. The summed E-state index contributed by atoms with van der Waals surface area (Å²) in [5.74, 6) is 0. The topological polar surface area (TPSA) is 15.0 Å². The molecule has 0 aliphatic heterocycles. The Balaban J connectivity index is 3.06. The van der Waals surface area contributed by atoms with E-state index in [1.165, 1.54) is 12.8 Å². The highest BCUT2D eigenvalue weighted by Crippen LogP contribution is 1.84. The Morgan fingerprint density at radius 1 is 1.56 bits per heavy atom. The minimum Gasteiger partial charge on any atom is -0.265 e. The molecule has 0 spiro atoms. The van der Waals surface area contributed by atoms with E-state index in [2.05, 4.69) is 19.0 Å². The van der Waals surface area contributed by atoms with Crippen molar-refractivity contribution in [3.8, 4) is 0 Å². The molecule has 0 fully saturated rings. The van der Waals surface area contributed by atoms with Gasteiger partial charge >= 0.3 is 0 Å². The molecule has 0 amide bonds. The Morgan fingerprint density at radius 2 is 2.22 bits per heavy atom. The molecule has 0 radical (unpaired) electrons. The Morgan fingerprint density at radius 3 is 2.67 bits per heavy atom. The van der Waals surface area contributed by atoms with Crippen LogP contribution in [0.15, 0.2) is 0 Å². The molecule has 0 aromatic rings. The van der Waals surface area contributed by atoms with Gasteiger partial charge in [-0.15, -0.1) is 0 Å². The molecule has 0 rings (SSSR count). The Bertz CT molecular complexity index is 79.0. The van der Waals surface area contributed by atoms with Crippen molar-refractivity contribution in [3.05, 3.63) is 0 Å². The van der Waals surface area contributed by atoms with Gasteiger partial charge in [-0.25, -0.2) is 4.58 Å². The lowest BCUT2D eigenvalue weighted by Crippen LogP contribution is -2.23. The number of rotatable bonds is 5. The van der Waals surface area contributed by atoms with Gasteiger partial charge in [0.1, 0.15) is 13.3 Å². The van der Waals surface area contributed by atoms with E-state index in [1.54, 1.807) is 0 Å². The van der Waals surface area contributed by atoms with E-state index < -0.39 is 0 Å². The van der Waals surface area contributed by atoms with E-state index in [4.69, 9.17) is 0 Å². The van der Waals surface area contributed by atoms with Gasteiger partial charge in [0.15, 0.2) is 6.67 Å². The van der Waals surface area contributed by atoms with Crippen molar-refractivity contribution in [1.29, 1.82) is 0 Å². The molecule has 0 aromatic heterocycles. The number of hydrogen-bond donors (Lipinski definition) is 1. The molecule has 0 aliphatic carbocycles. The van der Waals surface area contributed by atoms with E-state index in [0.29, 0.717) is 0 Å². The monoisotopic (exact) mass is 129 g/mol. The highest BCUT2D eigenvalue weighted by molar-refractivity contribution is 5.14. The lowest BCUT2D eigenvalue weighted by Gasteiger charge is -1.97. The summed E-state index contributed by atoms with van der Waals surface area (Å²) in [5, 5.41) is 3.04. The van der Waals surface area contributed by atoms with Crippen molar-refractivity contribution in [2.45, 2.75) is 19.8 Å². The van der Waals surface area contributed by atoms with Crippen molar-refractivity contribution in [1.82, 2.24) is 5.32 Å². The van der Waals surface area contributed by atoms with Crippen LogP contribution in [-0.2, 0) is 0 Å². The molecule has 0 aromatic carbocycles. The lowest BCUT2D eigenvalue weighted by atomic mass is 10.3. The highest BCUT2D eigenvalue weighted by atomic mass is 15.1. The number of unbranched alkanes of at least 4 members (excludes halogenated alkanes) is 1.